The van der Waals surface area contributed by atoms with E-state index >= 15 is 0 Å². The van der Waals surface area contributed by atoms with Crippen LogP contribution in [0.4, 0.5) is 17.1 Å². The third-order valence-corrected chi connectivity index (χ3v) is 11.1. The molecule has 240 valence electrons. The molecule has 0 saturated carbocycles. The van der Waals surface area contributed by atoms with Crippen molar-refractivity contribution in [3.63, 3.8) is 0 Å². The van der Waals surface area contributed by atoms with Crippen LogP contribution >= 0.6 is 11.3 Å². The lowest BCUT2D eigenvalue weighted by Gasteiger charge is -2.26. The summed E-state index contributed by atoms with van der Waals surface area (Å²) in [6.07, 6.45) is 0. The Bertz CT molecular complexity index is 2740. The van der Waals surface area contributed by atoms with Gasteiger partial charge in [-0.25, -0.2) is 0 Å². The normalized spacial score (nSPS) is 11.5. The Morgan fingerprint density at radius 3 is 1.47 bits per heavy atom. The molecule has 0 aliphatic carbocycles. The smallest absolute Gasteiger partial charge is 0.0541 e. The van der Waals surface area contributed by atoms with Gasteiger partial charge in [-0.1, -0.05) is 115 Å². The second-order valence-electron chi connectivity index (χ2n) is 13.0. The summed E-state index contributed by atoms with van der Waals surface area (Å²) in [5.74, 6) is 0. The first-order chi connectivity index (χ1) is 25.3. The van der Waals surface area contributed by atoms with Gasteiger partial charge in [0.25, 0.3) is 0 Å². The van der Waals surface area contributed by atoms with E-state index in [0.29, 0.717) is 0 Å². The van der Waals surface area contributed by atoms with Crippen LogP contribution in [0.5, 0.6) is 0 Å². The van der Waals surface area contributed by atoms with Gasteiger partial charge in [-0.2, -0.15) is 0 Å². The molecule has 0 aliphatic heterocycles. The molecule has 2 aromatic heterocycles. The molecular formula is C48H32N2S. The van der Waals surface area contributed by atoms with Crippen LogP contribution in [-0.2, 0) is 0 Å². The number of rotatable bonds is 6. The Hall–Kier alpha value is -6.42. The van der Waals surface area contributed by atoms with Gasteiger partial charge in [0.15, 0.2) is 0 Å². The molecule has 0 fully saturated rings. The summed E-state index contributed by atoms with van der Waals surface area (Å²) in [5.41, 5.74) is 11.8. The van der Waals surface area contributed by atoms with Gasteiger partial charge >= 0.3 is 0 Å². The van der Waals surface area contributed by atoms with Crippen molar-refractivity contribution in [2.24, 2.45) is 0 Å². The molecule has 51 heavy (non-hydrogen) atoms. The monoisotopic (exact) mass is 668 g/mol. The average molecular weight is 669 g/mol. The van der Waals surface area contributed by atoms with E-state index in [1.807, 2.05) is 11.3 Å². The summed E-state index contributed by atoms with van der Waals surface area (Å²) in [7, 11) is 0. The maximum Gasteiger partial charge on any atom is 0.0541 e. The Morgan fingerprint density at radius 1 is 0.333 bits per heavy atom. The molecule has 2 heterocycles. The van der Waals surface area contributed by atoms with Gasteiger partial charge in [0, 0.05) is 53.7 Å². The van der Waals surface area contributed by atoms with E-state index in [-0.39, 0.29) is 0 Å². The van der Waals surface area contributed by atoms with E-state index in [0.717, 1.165) is 22.7 Å². The van der Waals surface area contributed by atoms with E-state index in [2.05, 4.69) is 204 Å². The fourth-order valence-corrected chi connectivity index (χ4v) is 8.69. The lowest BCUT2D eigenvalue weighted by Crippen LogP contribution is -2.09. The highest BCUT2D eigenvalue weighted by molar-refractivity contribution is 7.25. The molecule has 10 rings (SSSR count). The molecule has 0 spiro atoms. The van der Waals surface area contributed by atoms with Crippen molar-refractivity contribution in [3.8, 4) is 27.9 Å². The third-order valence-electron chi connectivity index (χ3n) is 9.98. The molecule has 0 N–H and O–H groups in total. The minimum Gasteiger partial charge on any atom is -0.310 e. The number of fused-ring (bicyclic) bond motifs is 6. The van der Waals surface area contributed by atoms with Crippen molar-refractivity contribution < 1.29 is 0 Å². The van der Waals surface area contributed by atoms with Crippen molar-refractivity contribution >= 4 is 70.4 Å². The van der Waals surface area contributed by atoms with Crippen LogP contribution in [-0.4, -0.2) is 4.57 Å². The van der Waals surface area contributed by atoms with Gasteiger partial charge in [0.05, 0.1) is 11.0 Å². The van der Waals surface area contributed by atoms with Gasteiger partial charge in [-0.3, -0.25) is 0 Å². The Labute approximate surface area is 300 Å². The third kappa shape index (κ3) is 5.10. The quantitative estimate of drug-likeness (QED) is 0.171. The second kappa shape index (κ2) is 12.2. The molecule has 0 unspecified atom stereocenters. The Morgan fingerprint density at radius 2 is 0.843 bits per heavy atom. The van der Waals surface area contributed by atoms with Crippen molar-refractivity contribution in [3.05, 3.63) is 194 Å². The number of thiophene rings is 1. The van der Waals surface area contributed by atoms with Crippen LogP contribution in [0.1, 0.15) is 0 Å². The molecule has 0 atom stereocenters. The predicted octanol–water partition coefficient (Wildman–Crippen LogP) is 14.0. The first kappa shape index (κ1) is 29.5. The molecular weight excluding hydrogens is 637 g/mol. The average Bonchev–Trinajstić information content (AvgIpc) is 3.74. The highest BCUT2D eigenvalue weighted by atomic mass is 32.1. The second-order valence-corrected chi connectivity index (χ2v) is 14.1. The van der Waals surface area contributed by atoms with Crippen molar-refractivity contribution in [2.75, 3.05) is 4.90 Å². The number of anilines is 3. The largest absolute Gasteiger partial charge is 0.310 e. The van der Waals surface area contributed by atoms with Crippen LogP contribution in [0, 0.1) is 0 Å². The van der Waals surface area contributed by atoms with E-state index < -0.39 is 0 Å². The molecule has 0 bridgehead atoms. The van der Waals surface area contributed by atoms with Crippen LogP contribution < -0.4 is 4.90 Å². The molecule has 0 saturated heterocycles. The van der Waals surface area contributed by atoms with Crippen LogP contribution in [0.15, 0.2) is 194 Å². The zero-order chi connectivity index (χ0) is 33.7. The summed E-state index contributed by atoms with van der Waals surface area (Å²) in [6, 6.07) is 70.4. The molecule has 2 nitrogen and oxygen atoms in total. The minimum atomic E-state index is 1.11. The summed E-state index contributed by atoms with van der Waals surface area (Å²) in [5, 5.41) is 5.11. The molecule has 3 heteroatoms. The van der Waals surface area contributed by atoms with Gasteiger partial charge in [0.1, 0.15) is 0 Å². The molecule has 0 aliphatic rings. The van der Waals surface area contributed by atoms with Crippen molar-refractivity contribution in [2.45, 2.75) is 0 Å². The number of para-hydroxylation sites is 1. The lowest BCUT2D eigenvalue weighted by atomic mass is 10.0. The number of nitrogens with zero attached hydrogens (tertiary/aromatic N) is 2. The Kier molecular flexibility index (Phi) is 7.04. The molecule has 0 amide bonds. The van der Waals surface area contributed by atoms with Gasteiger partial charge < -0.3 is 9.47 Å². The summed E-state index contributed by atoms with van der Waals surface area (Å²) in [4.78, 5) is 2.36. The van der Waals surface area contributed by atoms with E-state index in [9.17, 15) is 0 Å². The number of benzene rings is 8. The molecule has 8 aromatic carbocycles. The fourth-order valence-electron chi connectivity index (χ4n) is 7.55. The molecule has 0 radical (unpaired) electrons. The Balaban J connectivity index is 1.12. The standard InChI is InChI=1S/C48H32N2S/c1-4-12-33(13-5-1)35-20-28-45-43(30-35)44-31-36(34-14-6-2-7-15-34)21-29-46(44)50(45)39-24-22-38(23-25-39)49(37-16-8-3-9-17-37)40-26-27-42-41-18-10-11-19-47(41)51-48(42)32-40/h1-32H. The lowest BCUT2D eigenvalue weighted by molar-refractivity contribution is 1.17. The first-order valence-electron chi connectivity index (χ1n) is 17.3. The number of hydrogen-bond donors (Lipinski definition) is 0. The van der Waals surface area contributed by atoms with Crippen LogP contribution in [0.3, 0.4) is 0 Å². The van der Waals surface area contributed by atoms with Crippen molar-refractivity contribution in [1.82, 2.24) is 4.57 Å². The summed E-state index contributed by atoms with van der Waals surface area (Å²) >= 11 is 1.86. The maximum absolute atomic E-state index is 2.41. The first-order valence-corrected chi connectivity index (χ1v) is 18.2. The van der Waals surface area contributed by atoms with Crippen LogP contribution in [0.2, 0.25) is 0 Å². The van der Waals surface area contributed by atoms with Crippen LogP contribution in [0.25, 0.3) is 69.9 Å². The topological polar surface area (TPSA) is 8.17 Å². The van der Waals surface area contributed by atoms with Gasteiger partial charge in [0.2, 0.25) is 0 Å². The maximum atomic E-state index is 2.41. The van der Waals surface area contributed by atoms with Gasteiger partial charge in [-0.05, 0) is 101 Å². The van der Waals surface area contributed by atoms with E-state index in [4.69, 9.17) is 0 Å². The summed E-state index contributed by atoms with van der Waals surface area (Å²) in [6.45, 7) is 0. The SMILES string of the molecule is c1ccc(-c2ccc3c(c2)c2cc(-c4ccccc4)ccc2n3-c2ccc(N(c3ccccc3)c3ccc4c(c3)sc3ccccc34)cc2)cc1. The predicted molar refractivity (Wildman–Crippen MR) is 219 cm³/mol. The molecule has 10 aromatic rings. The van der Waals surface area contributed by atoms with E-state index in [1.165, 1.54) is 64.2 Å². The summed E-state index contributed by atoms with van der Waals surface area (Å²) < 4.78 is 5.02. The minimum absolute atomic E-state index is 1.11. The zero-order valence-corrected chi connectivity index (χ0v) is 28.6. The number of aromatic nitrogens is 1. The van der Waals surface area contributed by atoms with Gasteiger partial charge in [-0.15, -0.1) is 11.3 Å². The fraction of sp³-hybridized carbons (Fsp3) is 0. The highest BCUT2D eigenvalue weighted by Crippen LogP contribution is 2.42. The van der Waals surface area contributed by atoms with E-state index in [1.54, 1.807) is 0 Å². The van der Waals surface area contributed by atoms with Crippen molar-refractivity contribution in [1.29, 1.82) is 0 Å². The zero-order valence-electron chi connectivity index (χ0n) is 27.8. The highest BCUT2D eigenvalue weighted by Gasteiger charge is 2.18. The number of hydrogen-bond acceptors (Lipinski definition) is 2.